The van der Waals surface area contributed by atoms with Gasteiger partial charge in [-0.1, -0.05) is 49.6 Å². The van der Waals surface area contributed by atoms with Crippen LogP contribution < -0.4 is 5.32 Å². The van der Waals surface area contributed by atoms with Crippen molar-refractivity contribution in [2.45, 2.75) is 57.7 Å². The van der Waals surface area contributed by atoms with Crippen LogP contribution in [0.25, 0.3) is 0 Å². The molecular formula is C23H37N3O2. The fraction of sp³-hybridized carbons (Fsp3) is 0.696. The molecule has 3 rings (SSSR count). The fourth-order valence-electron chi connectivity index (χ4n) is 4.17. The van der Waals surface area contributed by atoms with Gasteiger partial charge in [-0.3, -0.25) is 4.99 Å². The number of hydrogen-bond donors (Lipinski definition) is 1. The van der Waals surface area contributed by atoms with Crippen molar-refractivity contribution in [3.63, 3.8) is 0 Å². The number of aliphatic imine (C=N–C) groups is 1. The van der Waals surface area contributed by atoms with Gasteiger partial charge in [-0.05, 0) is 31.2 Å². The number of ether oxygens (including phenoxy) is 2. The van der Waals surface area contributed by atoms with E-state index in [1.165, 1.54) is 44.1 Å². The van der Waals surface area contributed by atoms with Crippen LogP contribution in [0.4, 0.5) is 0 Å². The second-order valence-electron chi connectivity index (χ2n) is 8.06. The lowest BCUT2D eigenvalue weighted by Crippen LogP contribution is -2.40. The van der Waals surface area contributed by atoms with E-state index in [0.29, 0.717) is 18.6 Å². The van der Waals surface area contributed by atoms with Crippen LogP contribution in [-0.4, -0.2) is 56.9 Å². The molecule has 0 radical (unpaired) electrons. The summed E-state index contributed by atoms with van der Waals surface area (Å²) < 4.78 is 11.9. The highest BCUT2D eigenvalue weighted by atomic mass is 16.5. The molecule has 0 amide bonds. The highest BCUT2D eigenvalue weighted by Gasteiger charge is 2.24. The predicted molar refractivity (Wildman–Crippen MR) is 115 cm³/mol. The summed E-state index contributed by atoms with van der Waals surface area (Å²) in [4.78, 5) is 6.83. The molecule has 28 heavy (non-hydrogen) atoms. The number of nitrogens with zero attached hydrogens (tertiary/aromatic N) is 2. The topological polar surface area (TPSA) is 46.1 Å². The van der Waals surface area contributed by atoms with E-state index in [1.54, 1.807) is 0 Å². The molecule has 1 aromatic rings. The van der Waals surface area contributed by atoms with Crippen LogP contribution in [0.3, 0.4) is 0 Å². The first-order chi connectivity index (χ1) is 13.8. The maximum absolute atomic E-state index is 6.01. The summed E-state index contributed by atoms with van der Waals surface area (Å²) >= 11 is 0. The molecule has 0 aromatic heterocycles. The van der Waals surface area contributed by atoms with Gasteiger partial charge >= 0.3 is 0 Å². The van der Waals surface area contributed by atoms with Crippen LogP contribution >= 0.6 is 0 Å². The average molecular weight is 388 g/mol. The smallest absolute Gasteiger partial charge is 0.193 e. The van der Waals surface area contributed by atoms with Gasteiger partial charge in [-0.25, -0.2) is 0 Å². The van der Waals surface area contributed by atoms with Crippen LogP contribution in [-0.2, 0) is 16.1 Å². The van der Waals surface area contributed by atoms with Crippen LogP contribution in [0.5, 0.6) is 0 Å². The zero-order chi connectivity index (χ0) is 19.4. The Balaban J connectivity index is 1.27. The summed E-state index contributed by atoms with van der Waals surface area (Å²) in [5.41, 5.74) is 1.24. The lowest BCUT2D eigenvalue weighted by molar-refractivity contribution is 0.0276. The van der Waals surface area contributed by atoms with Crippen LogP contribution in [0.1, 0.15) is 50.5 Å². The minimum Gasteiger partial charge on any atom is -0.378 e. The summed E-state index contributed by atoms with van der Waals surface area (Å²) in [7, 11) is 1.88. The van der Waals surface area contributed by atoms with Crippen molar-refractivity contribution in [2.75, 3.05) is 39.9 Å². The lowest BCUT2D eigenvalue weighted by Gasteiger charge is -2.23. The van der Waals surface area contributed by atoms with Gasteiger partial charge in [0.25, 0.3) is 0 Å². The van der Waals surface area contributed by atoms with Crippen molar-refractivity contribution in [3.05, 3.63) is 35.9 Å². The summed E-state index contributed by atoms with van der Waals surface area (Å²) in [5.74, 6) is 1.60. The molecule has 2 fully saturated rings. The highest BCUT2D eigenvalue weighted by Crippen LogP contribution is 2.20. The molecule has 0 bridgehead atoms. The van der Waals surface area contributed by atoms with Crippen LogP contribution in [0.2, 0.25) is 0 Å². The number of rotatable bonds is 9. The number of benzene rings is 1. The number of likely N-dealkylation sites (tertiary alicyclic amines) is 1. The molecular weight excluding hydrogens is 350 g/mol. The minimum absolute atomic E-state index is 0.503. The first-order valence-electron chi connectivity index (χ1n) is 11.0. The molecule has 1 saturated carbocycles. The Labute approximate surface area is 170 Å². The molecule has 1 N–H and O–H groups in total. The largest absolute Gasteiger partial charge is 0.378 e. The van der Waals surface area contributed by atoms with Crippen molar-refractivity contribution >= 4 is 5.96 Å². The van der Waals surface area contributed by atoms with E-state index in [9.17, 15) is 0 Å². The molecule has 1 atom stereocenters. The maximum Gasteiger partial charge on any atom is 0.193 e. The van der Waals surface area contributed by atoms with Gasteiger partial charge in [0.05, 0.1) is 19.3 Å². The monoisotopic (exact) mass is 387 g/mol. The molecule has 1 saturated heterocycles. The number of guanidine groups is 1. The van der Waals surface area contributed by atoms with Crippen molar-refractivity contribution in [1.29, 1.82) is 0 Å². The predicted octanol–water partition coefficient (Wildman–Crippen LogP) is 3.84. The van der Waals surface area contributed by atoms with Crippen LogP contribution in [0, 0.1) is 5.92 Å². The Bertz CT molecular complexity index is 572. The maximum atomic E-state index is 6.01. The molecule has 1 aliphatic heterocycles. The Morgan fingerprint density at radius 3 is 2.75 bits per heavy atom. The first-order valence-corrected chi connectivity index (χ1v) is 11.0. The minimum atomic E-state index is 0.503. The third-order valence-corrected chi connectivity index (χ3v) is 5.77. The molecule has 156 valence electrons. The second-order valence-corrected chi connectivity index (χ2v) is 8.06. The quantitative estimate of drug-likeness (QED) is 0.397. The molecule has 1 unspecified atom stereocenters. The SMILES string of the molecule is CN=C(NCCCOC1CCCCC1)N1CCC(COCc2ccccc2)C1. The zero-order valence-corrected chi connectivity index (χ0v) is 17.4. The lowest BCUT2D eigenvalue weighted by atomic mass is 9.98. The zero-order valence-electron chi connectivity index (χ0n) is 17.4. The molecule has 1 aromatic carbocycles. The van der Waals surface area contributed by atoms with Gasteiger partial charge in [-0.2, -0.15) is 0 Å². The molecule has 1 aliphatic carbocycles. The first kappa shape index (κ1) is 21.1. The summed E-state index contributed by atoms with van der Waals surface area (Å²) in [5, 5.41) is 3.51. The molecule has 1 heterocycles. The molecule has 2 aliphatic rings. The van der Waals surface area contributed by atoms with Crippen molar-refractivity contribution in [1.82, 2.24) is 10.2 Å². The molecule has 5 heteroatoms. The average Bonchev–Trinajstić information content (AvgIpc) is 3.21. The highest BCUT2D eigenvalue weighted by molar-refractivity contribution is 5.80. The van der Waals surface area contributed by atoms with Gasteiger partial charge in [0.15, 0.2) is 5.96 Å². The van der Waals surface area contributed by atoms with E-state index in [-0.39, 0.29) is 0 Å². The Morgan fingerprint density at radius 2 is 1.96 bits per heavy atom. The second kappa shape index (κ2) is 12.1. The van der Waals surface area contributed by atoms with Gasteiger partial charge in [0, 0.05) is 39.2 Å². The van der Waals surface area contributed by atoms with E-state index in [4.69, 9.17) is 9.47 Å². The van der Waals surface area contributed by atoms with Gasteiger partial charge < -0.3 is 19.7 Å². The normalized spacial score (nSPS) is 21.2. The Kier molecular flexibility index (Phi) is 9.11. The summed E-state index contributed by atoms with van der Waals surface area (Å²) in [6.45, 7) is 5.36. The standard InChI is InChI=1S/C23H37N3O2/c1-24-23(25-14-8-16-28-22-11-6-3-7-12-22)26-15-13-21(17-26)19-27-18-20-9-4-2-5-10-20/h2,4-5,9-10,21-22H,3,6-8,11-19H2,1H3,(H,24,25). The van der Waals surface area contributed by atoms with E-state index >= 15 is 0 Å². The van der Waals surface area contributed by atoms with Crippen LogP contribution in [0.15, 0.2) is 35.3 Å². The third-order valence-electron chi connectivity index (χ3n) is 5.77. The Hall–Kier alpha value is -1.59. The summed E-state index contributed by atoms with van der Waals surface area (Å²) in [6.07, 6.45) is 9.25. The van der Waals surface area contributed by atoms with E-state index in [2.05, 4.69) is 39.5 Å². The van der Waals surface area contributed by atoms with Gasteiger partial charge in [0.1, 0.15) is 0 Å². The molecule has 0 spiro atoms. The van der Waals surface area contributed by atoms with E-state index in [1.807, 2.05) is 13.1 Å². The van der Waals surface area contributed by atoms with E-state index in [0.717, 1.165) is 45.2 Å². The summed E-state index contributed by atoms with van der Waals surface area (Å²) in [6, 6.07) is 10.4. The van der Waals surface area contributed by atoms with Crippen molar-refractivity contribution in [3.8, 4) is 0 Å². The Morgan fingerprint density at radius 1 is 1.14 bits per heavy atom. The fourth-order valence-corrected chi connectivity index (χ4v) is 4.17. The van der Waals surface area contributed by atoms with Crippen molar-refractivity contribution in [2.24, 2.45) is 10.9 Å². The number of hydrogen-bond acceptors (Lipinski definition) is 3. The van der Waals surface area contributed by atoms with E-state index < -0.39 is 0 Å². The molecule has 5 nitrogen and oxygen atoms in total. The van der Waals surface area contributed by atoms with Crippen molar-refractivity contribution < 1.29 is 9.47 Å². The third kappa shape index (κ3) is 7.10. The van der Waals surface area contributed by atoms with Gasteiger partial charge in [0.2, 0.25) is 0 Å². The van der Waals surface area contributed by atoms with Gasteiger partial charge in [-0.15, -0.1) is 0 Å². The number of nitrogens with one attached hydrogen (secondary N) is 1.